The van der Waals surface area contributed by atoms with Crippen LogP contribution in [0, 0.1) is 0 Å². The number of amides is 1. The molecule has 0 spiro atoms. The van der Waals surface area contributed by atoms with Crippen LogP contribution in [0.3, 0.4) is 0 Å². The van der Waals surface area contributed by atoms with Crippen molar-refractivity contribution >= 4 is 27.3 Å². The smallest absolute Gasteiger partial charge is 0.416 e. The van der Waals surface area contributed by atoms with E-state index in [0.717, 1.165) is 23.5 Å². The summed E-state index contributed by atoms with van der Waals surface area (Å²) in [6, 6.07) is 10.7. The maximum atomic E-state index is 12.9. The molecule has 4 rings (SSSR count). The minimum Gasteiger partial charge on any atom is -0.451 e. The maximum absolute atomic E-state index is 12.9. The number of benzene rings is 1. The Balaban J connectivity index is 1.45. The Hall–Kier alpha value is -2.63. The first kappa shape index (κ1) is 21.6. The van der Waals surface area contributed by atoms with E-state index < -0.39 is 27.7 Å². The summed E-state index contributed by atoms with van der Waals surface area (Å²) in [7, 11) is -3.58. The molecule has 3 aromatic rings. The molecule has 0 aliphatic carbocycles. The van der Waals surface area contributed by atoms with E-state index in [4.69, 9.17) is 4.42 Å². The highest BCUT2D eigenvalue weighted by atomic mass is 32.2. The lowest BCUT2D eigenvalue weighted by atomic mass is 10.1. The van der Waals surface area contributed by atoms with Crippen LogP contribution in [0.25, 0.3) is 11.3 Å². The third-order valence-corrected chi connectivity index (χ3v) is 8.18. The zero-order valence-corrected chi connectivity index (χ0v) is 17.6. The van der Waals surface area contributed by atoms with Crippen LogP contribution < -0.4 is 0 Å². The van der Waals surface area contributed by atoms with E-state index in [1.807, 2.05) is 0 Å². The van der Waals surface area contributed by atoms with Gasteiger partial charge in [-0.25, -0.2) is 8.42 Å². The van der Waals surface area contributed by atoms with Crippen molar-refractivity contribution in [1.82, 2.24) is 9.21 Å². The SMILES string of the molecule is O=C(c1ccc(-c2cccc(C(F)(F)F)c2)o1)N1CCN(S(=O)(=O)c2cccs2)CC1. The molecule has 1 aromatic carbocycles. The zero-order valence-electron chi connectivity index (χ0n) is 16.0. The fourth-order valence-corrected chi connectivity index (χ4v) is 5.85. The third-order valence-electron chi connectivity index (χ3n) is 4.91. The number of piperazine rings is 1. The molecule has 2 aromatic heterocycles. The number of thiophene rings is 1. The molecule has 1 aliphatic heterocycles. The van der Waals surface area contributed by atoms with Gasteiger partial charge >= 0.3 is 6.18 Å². The van der Waals surface area contributed by atoms with Gasteiger partial charge in [-0.3, -0.25) is 4.79 Å². The van der Waals surface area contributed by atoms with E-state index in [9.17, 15) is 26.4 Å². The summed E-state index contributed by atoms with van der Waals surface area (Å²) >= 11 is 1.13. The number of carbonyl (C=O) groups excluding carboxylic acids is 1. The quantitative estimate of drug-likeness (QED) is 0.574. The molecular weight excluding hydrogens is 453 g/mol. The van der Waals surface area contributed by atoms with Crippen molar-refractivity contribution < 1.29 is 30.8 Å². The first-order chi connectivity index (χ1) is 14.7. The summed E-state index contributed by atoms with van der Waals surface area (Å²) in [5.41, 5.74) is -0.599. The van der Waals surface area contributed by atoms with Crippen molar-refractivity contribution in [3.05, 3.63) is 65.2 Å². The fraction of sp³-hybridized carbons (Fsp3) is 0.250. The Labute approximate surface area is 180 Å². The van der Waals surface area contributed by atoms with Crippen LogP contribution >= 0.6 is 11.3 Å². The molecule has 6 nitrogen and oxygen atoms in total. The molecule has 1 aliphatic rings. The number of sulfonamides is 1. The van der Waals surface area contributed by atoms with Crippen LogP contribution in [-0.2, 0) is 16.2 Å². The second-order valence-electron chi connectivity index (χ2n) is 6.87. The van der Waals surface area contributed by atoms with Crippen LogP contribution in [0.1, 0.15) is 16.1 Å². The molecule has 0 unspecified atom stereocenters. The van der Waals surface area contributed by atoms with Gasteiger partial charge in [0.25, 0.3) is 15.9 Å². The van der Waals surface area contributed by atoms with Crippen LogP contribution in [-0.4, -0.2) is 49.7 Å². The van der Waals surface area contributed by atoms with Crippen molar-refractivity contribution in [3.63, 3.8) is 0 Å². The van der Waals surface area contributed by atoms with Crippen LogP contribution in [0.4, 0.5) is 13.2 Å². The molecule has 0 atom stereocenters. The lowest BCUT2D eigenvalue weighted by Gasteiger charge is -2.33. The molecule has 11 heteroatoms. The van der Waals surface area contributed by atoms with Crippen molar-refractivity contribution in [2.24, 2.45) is 0 Å². The Kier molecular flexibility index (Phi) is 5.67. The highest BCUT2D eigenvalue weighted by Crippen LogP contribution is 2.33. The normalized spacial score (nSPS) is 15.9. The Morgan fingerprint density at radius 1 is 1.00 bits per heavy atom. The average Bonchev–Trinajstić information content (AvgIpc) is 3.45. The van der Waals surface area contributed by atoms with Crippen LogP contribution in [0.5, 0.6) is 0 Å². The Bertz CT molecular complexity index is 1180. The summed E-state index contributed by atoms with van der Waals surface area (Å²) in [6.07, 6.45) is -4.48. The lowest BCUT2D eigenvalue weighted by molar-refractivity contribution is -0.137. The number of hydrogen-bond donors (Lipinski definition) is 0. The first-order valence-corrected chi connectivity index (χ1v) is 11.6. The minimum absolute atomic E-state index is 0.0121. The van der Waals surface area contributed by atoms with Gasteiger partial charge in [-0.2, -0.15) is 17.5 Å². The Morgan fingerprint density at radius 3 is 2.39 bits per heavy atom. The summed E-state index contributed by atoms with van der Waals surface area (Å²) in [6.45, 7) is 0.659. The van der Waals surface area contributed by atoms with Gasteiger partial charge in [0.1, 0.15) is 9.97 Å². The molecular formula is C20H17F3N2O4S2. The molecule has 0 radical (unpaired) electrons. The molecule has 1 saturated heterocycles. The number of nitrogens with zero attached hydrogens (tertiary/aromatic N) is 2. The summed E-state index contributed by atoms with van der Waals surface area (Å²) < 4.78 is 71.1. The maximum Gasteiger partial charge on any atom is 0.416 e. The van der Waals surface area contributed by atoms with Crippen LogP contribution in [0.15, 0.2) is 62.5 Å². The summed E-state index contributed by atoms with van der Waals surface area (Å²) in [4.78, 5) is 14.2. The minimum atomic E-state index is -4.48. The van der Waals surface area contributed by atoms with E-state index in [0.29, 0.717) is 0 Å². The predicted octanol–water partition coefficient (Wildman–Crippen LogP) is 4.17. The summed E-state index contributed by atoms with van der Waals surface area (Å²) in [5.74, 6) is -0.304. The molecule has 0 saturated carbocycles. The molecule has 164 valence electrons. The monoisotopic (exact) mass is 470 g/mol. The van der Waals surface area contributed by atoms with Crippen LogP contribution in [0.2, 0.25) is 0 Å². The van der Waals surface area contributed by atoms with E-state index >= 15 is 0 Å². The molecule has 1 amide bonds. The van der Waals surface area contributed by atoms with Gasteiger partial charge in [0.05, 0.1) is 5.56 Å². The van der Waals surface area contributed by atoms with E-state index in [2.05, 4.69) is 0 Å². The van der Waals surface area contributed by atoms with Gasteiger partial charge in [0.2, 0.25) is 0 Å². The first-order valence-electron chi connectivity index (χ1n) is 9.27. The zero-order chi connectivity index (χ0) is 22.2. The third kappa shape index (κ3) is 4.39. The topological polar surface area (TPSA) is 70.8 Å². The van der Waals surface area contributed by atoms with Gasteiger partial charge in [-0.05, 0) is 35.7 Å². The molecule has 31 heavy (non-hydrogen) atoms. The van der Waals surface area contributed by atoms with Crippen molar-refractivity contribution in [1.29, 1.82) is 0 Å². The molecule has 0 N–H and O–H groups in total. The van der Waals surface area contributed by atoms with Crippen molar-refractivity contribution in [2.75, 3.05) is 26.2 Å². The molecule has 3 heterocycles. The second-order valence-corrected chi connectivity index (χ2v) is 9.98. The number of halogens is 3. The number of rotatable bonds is 4. The van der Waals surface area contributed by atoms with Gasteiger partial charge < -0.3 is 9.32 Å². The number of carbonyl (C=O) groups is 1. The van der Waals surface area contributed by atoms with Gasteiger partial charge in [-0.1, -0.05) is 18.2 Å². The Morgan fingerprint density at radius 2 is 1.74 bits per heavy atom. The number of furan rings is 1. The summed E-state index contributed by atoms with van der Waals surface area (Å²) in [5, 5.41) is 1.69. The second kappa shape index (κ2) is 8.13. The van der Waals surface area contributed by atoms with Crippen molar-refractivity contribution in [2.45, 2.75) is 10.4 Å². The van der Waals surface area contributed by atoms with Gasteiger partial charge in [0.15, 0.2) is 5.76 Å². The average molecular weight is 470 g/mol. The van der Waals surface area contributed by atoms with E-state index in [1.165, 1.54) is 39.5 Å². The lowest BCUT2D eigenvalue weighted by Crippen LogP contribution is -2.50. The fourth-order valence-electron chi connectivity index (χ4n) is 3.28. The predicted molar refractivity (Wildman–Crippen MR) is 108 cm³/mol. The van der Waals surface area contributed by atoms with Gasteiger partial charge in [-0.15, -0.1) is 11.3 Å². The van der Waals surface area contributed by atoms with E-state index in [-0.39, 0.29) is 47.5 Å². The van der Waals surface area contributed by atoms with Gasteiger partial charge in [0, 0.05) is 31.7 Å². The molecule has 0 bridgehead atoms. The largest absolute Gasteiger partial charge is 0.451 e. The van der Waals surface area contributed by atoms with E-state index in [1.54, 1.807) is 11.4 Å². The highest BCUT2D eigenvalue weighted by Gasteiger charge is 2.32. The highest BCUT2D eigenvalue weighted by molar-refractivity contribution is 7.91. The number of alkyl halides is 3. The molecule has 1 fully saturated rings. The van der Waals surface area contributed by atoms with Crippen molar-refractivity contribution in [3.8, 4) is 11.3 Å². The number of hydrogen-bond acceptors (Lipinski definition) is 5. The standard InChI is InChI=1S/C20H17F3N2O4S2/c21-20(22,23)15-4-1-3-14(13-15)16-6-7-17(29-16)19(26)24-8-10-25(11-9-24)31(27,28)18-5-2-12-30-18/h1-7,12-13H,8-11H2.